The van der Waals surface area contributed by atoms with Gasteiger partial charge in [-0.05, 0) is 36.6 Å². The highest BCUT2D eigenvalue weighted by molar-refractivity contribution is 5.38. The number of nitriles is 1. The molecular formula is C12H10F4N2. The average molecular weight is 258 g/mol. The lowest BCUT2D eigenvalue weighted by atomic mass is 10.1. The molecule has 0 unspecified atom stereocenters. The zero-order valence-corrected chi connectivity index (χ0v) is 9.31. The van der Waals surface area contributed by atoms with Gasteiger partial charge in [-0.3, -0.25) is 5.32 Å². The van der Waals surface area contributed by atoms with Crippen molar-refractivity contribution in [1.82, 2.24) is 5.32 Å². The topological polar surface area (TPSA) is 35.8 Å². The van der Waals surface area contributed by atoms with Gasteiger partial charge in [-0.2, -0.15) is 18.4 Å². The molecule has 18 heavy (non-hydrogen) atoms. The van der Waals surface area contributed by atoms with Gasteiger partial charge in [-0.1, -0.05) is 0 Å². The van der Waals surface area contributed by atoms with E-state index in [9.17, 15) is 17.6 Å². The Kier molecular flexibility index (Phi) is 3.03. The molecule has 0 amide bonds. The Morgan fingerprint density at radius 1 is 1.33 bits per heavy atom. The van der Waals surface area contributed by atoms with Crippen molar-refractivity contribution in [3.8, 4) is 6.07 Å². The first-order chi connectivity index (χ1) is 8.38. The lowest BCUT2D eigenvalue weighted by Gasteiger charge is -2.21. The van der Waals surface area contributed by atoms with Crippen LogP contribution in [0.5, 0.6) is 0 Å². The number of hydrogen-bond acceptors (Lipinski definition) is 2. The molecule has 1 aromatic carbocycles. The smallest absolute Gasteiger partial charge is 0.299 e. The summed E-state index contributed by atoms with van der Waals surface area (Å²) in [6.45, 7) is -0.167. The van der Waals surface area contributed by atoms with Crippen molar-refractivity contribution in [1.29, 1.82) is 5.26 Å². The molecule has 96 valence electrons. The molecule has 0 aliphatic heterocycles. The van der Waals surface area contributed by atoms with Gasteiger partial charge in [0.15, 0.2) is 0 Å². The van der Waals surface area contributed by atoms with Crippen LogP contribution in [0.2, 0.25) is 0 Å². The zero-order chi connectivity index (χ0) is 13.4. The van der Waals surface area contributed by atoms with E-state index in [1.165, 1.54) is 6.07 Å². The van der Waals surface area contributed by atoms with Crippen LogP contribution in [-0.4, -0.2) is 11.7 Å². The SMILES string of the molecule is N#Cc1ccc(F)cc1CNC1(C(F)(F)F)CC1. The van der Waals surface area contributed by atoms with Gasteiger partial charge in [-0.25, -0.2) is 4.39 Å². The lowest BCUT2D eigenvalue weighted by Crippen LogP contribution is -2.44. The van der Waals surface area contributed by atoms with Crippen LogP contribution in [0.1, 0.15) is 24.0 Å². The minimum absolute atomic E-state index is 0.0215. The highest BCUT2D eigenvalue weighted by atomic mass is 19.4. The van der Waals surface area contributed by atoms with Gasteiger partial charge in [-0.15, -0.1) is 0 Å². The number of rotatable bonds is 3. The first-order valence-electron chi connectivity index (χ1n) is 5.38. The van der Waals surface area contributed by atoms with Crippen LogP contribution in [0, 0.1) is 17.1 Å². The van der Waals surface area contributed by atoms with Crippen molar-refractivity contribution < 1.29 is 17.6 Å². The minimum Gasteiger partial charge on any atom is -0.299 e. The fraction of sp³-hybridized carbons (Fsp3) is 0.417. The number of nitrogens with one attached hydrogen (secondary N) is 1. The average Bonchev–Trinajstić information content (AvgIpc) is 3.07. The Hall–Kier alpha value is -1.61. The van der Waals surface area contributed by atoms with E-state index in [4.69, 9.17) is 5.26 Å². The van der Waals surface area contributed by atoms with Crippen LogP contribution in [0.4, 0.5) is 17.6 Å². The molecular weight excluding hydrogens is 248 g/mol. The van der Waals surface area contributed by atoms with Gasteiger partial charge in [0.05, 0.1) is 11.6 Å². The van der Waals surface area contributed by atoms with Crippen LogP contribution in [-0.2, 0) is 6.54 Å². The minimum atomic E-state index is -4.31. The molecule has 1 N–H and O–H groups in total. The van der Waals surface area contributed by atoms with Gasteiger partial charge in [0, 0.05) is 6.54 Å². The number of nitrogens with zero attached hydrogens (tertiary/aromatic N) is 1. The third-order valence-electron chi connectivity index (χ3n) is 3.10. The van der Waals surface area contributed by atoms with Crippen molar-refractivity contribution in [2.24, 2.45) is 0 Å². The molecule has 1 fully saturated rings. The van der Waals surface area contributed by atoms with Crippen molar-refractivity contribution >= 4 is 0 Å². The van der Waals surface area contributed by atoms with E-state index in [2.05, 4.69) is 5.32 Å². The summed E-state index contributed by atoms with van der Waals surface area (Å²) in [5.41, 5.74) is -1.43. The summed E-state index contributed by atoms with van der Waals surface area (Å²) >= 11 is 0. The first-order valence-corrected chi connectivity index (χ1v) is 5.38. The monoisotopic (exact) mass is 258 g/mol. The van der Waals surface area contributed by atoms with Crippen LogP contribution in [0.3, 0.4) is 0 Å². The van der Waals surface area contributed by atoms with Crippen molar-refractivity contribution in [2.45, 2.75) is 31.1 Å². The molecule has 0 atom stereocenters. The Morgan fingerprint density at radius 3 is 2.50 bits per heavy atom. The molecule has 2 rings (SSSR count). The molecule has 6 heteroatoms. The molecule has 1 aromatic rings. The second kappa shape index (κ2) is 4.25. The maximum atomic E-state index is 13.0. The third kappa shape index (κ3) is 2.31. The summed E-state index contributed by atoms with van der Waals surface area (Å²) < 4.78 is 51.0. The molecule has 0 spiro atoms. The molecule has 0 bridgehead atoms. The maximum absolute atomic E-state index is 13.0. The Balaban J connectivity index is 2.12. The highest BCUT2D eigenvalue weighted by Crippen LogP contribution is 2.49. The highest BCUT2D eigenvalue weighted by Gasteiger charge is 2.62. The van der Waals surface area contributed by atoms with Crippen LogP contribution in [0.15, 0.2) is 18.2 Å². The standard InChI is InChI=1S/C12H10F4N2/c13-10-2-1-8(6-17)9(5-10)7-18-11(3-4-11)12(14,15)16/h1-2,5,18H,3-4,7H2. The summed E-state index contributed by atoms with van der Waals surface area (Å²) in [5, 5.41) is 11.2. The largest absolute Gasteiger partial charge is 0.406 e. The zero-order valence-electron chi connectivity index (χ0n) is 9.31. The van der Waals surface area contributed by atoms with Crippen LogP contribution in [0.25, 0.3) is 0 Å². The predicted octanol–water partition coefficient (Wildman–Crippen LogP) is 2.88. The van der Waals surface area contributed by atoms with Crippen molar-refractivity contribution in [3.63, 3.8) is 0 Å². The third-order valence-corrected chi connectivity index (χ3v) is 3.10. The number of alkyl halides is 3. The van der Waals surface area contributed by atoms with Crippen LogP contribution >= 0.6 is 0 Å². The fourth-order valence-electron chi connectivity index (χ4n) is 1.77. The maximum Gasteiger partial charge on any atom is 0.406 e. The molecule has 2 nitrogen and oxygen atoms in total. The first kappa shape index (κ1) is 12.8. The fourth-order valence-corrected chi connectivity index (χ4v) is 1.77. The van der Waals surface area contributed by atoms with E-state index in [0.717, 1.165) is 12.1 Å². The van der Waals surface area contributed by atoms with E-state index in [1.54, 1.807) is 0 Å². The van der Waals surface area contributed by atoms with Crippen molar-refractivity contribution in [3.05, 3.63) is 35.1 Å². The van der Waals surface area contributed by atoms with Gasteiger partial charge in [0.1, 0.15) is 11.4 Å². The number of benzene rings is 1. The van der Waals surface area contributed by atoms with Crippen LogP contribution < -0.4 is 5.32 Å². The molecule has 0 aromatic heterocycles. The van der Waals surface area contributed by atoms with Crippen molar-refractivity contribution in [2.75, 3.05) is 0 Å². The van der Waals surface area contributed by atoms with E-state index in [1.807, 2.05) is 6.07 Å². The van der Waals surface area contributed by atoms with E-state index in [-0.39, 0.29) is 30.5 Å². The molecule has 0 saturated heterocycles. The second-order valence-electron chi connectivity index (χ2n) is 4.35. The lowest BCUT2D eigenvalue weighted by molar-refractivity contribution is -0.166. The quantitative estimate of drug-likeness (QED) is 0.846. The molecule has 1 aliphatic rings. The second-order valence-corrected chi connectivity index (χ2v) is 4.35. The van der Waals surface area contributed by atoms with E-state index in [0.29, 0.717) is 0 Å². The van der Waals surface area contributed by atoms with Gasteiger partial charge < -0.3 is 0 Å². The summed E-state index contributed by atoms with van der Waals surface area (Å²) in [5.74, 6) is -0.567. The molecule has 1 aliphatic carbocycles. The molecule has 1 saturated carbocycles. The Bertz CT molecular complexity index is 498. The summed E-state index contributed by atoms with van der Waals surface area (Å²) in [6, 6.07) is 5.28. The Labute approximate surface area is 101 Å². The summed E-state index contributed by atoms with van der Waals surface area (Å²) in [7, 11) is 0. The summed E-state index contributed by atoms with van der Waals surface area (Å²) in [6.07, 6.45) is -4.27. The predicted molar refractivity (Wildman–Crippen MR) is 56.0 cm³/mol. The molecule has 0 radical (unpaired) electrons. The molecule has 0 heterocycles. The van der Waals surface area contributed by atoms with Gasteiger partial charge >= 0.3 is 6.18 Å². The summed E-state index contributed by atoms with van der Waals surface area (Å²) in [4.78, 5) is 0. The number of hydrogen-bond donors (Lipinski definition) is 1. The van der Waals surface area contributed by atoms with E-state index < -0.39 is 17.5 Å². The van der Waals surface area contributed by atoms with Gasteiger partial charge in [0.2, 0.25) is 0 Å². The normalized spacial score (nSPS) is 17.3. The van der Waals surface area contributed by atoms with E-state index >= 15 is 0 Å². The Morgan fingerprint density at radius 2 is 2.00 bits per heavy atom. The number of halogens is 4. The van der Waals surface area contributed by atoms with Gasteiger partial charge in [0.25, 0.3) is 0 Å².